The molecule has 10 heteroatoms. The Morgan fingerprint density at radius 3 is 1.86 bits per heavy atom. The van der Waals surface area contributed by atoms with E-state index in [0.29, 0.717) is 36.6 Å². The predicted molar refractivity (Wildman–Crippen MR) is 223 cm³/mol. The van der Waals surface area contributed by atoms with Gasteiger partial charge in [-0.25, -0.2) is 4.79 Å². The van der Waals surface area contributed by atoms with E-state index in [2.05, 4.69) is 88.7 Å². The van der Waals surface area contributed by atoms with Gasteiger partial charge in [-0.1, -0.05) is 133 Å². The Morgan fingerprint density at radius 2 is 1.32 bits per heavy atom. The van der Waals surface area contributed by atoms with Gasteiger partial charge in [0.25, 0.3) is 5.91 Å². The van der Waals surface area contributed by atoms with Gasteiger partial charge < -0.3 is 31.2 Å². The molecule has 0 aromatic heterocycles. The number of thioether (sulfide) groups is 1. The molecular weight excluding hydrogens is 721 g/mol. The van der Waals surface area contributed by atoms with E-state index in [1.165, 1.54) is 0 Å². The summed E-state index contributed by atoms with van der Waals surface area (Å²) in [6.45, 7) is 6.32. The molecule has 1 aliphatic heterocycles. The number of carbonyl (C=O) groups is 3. The van der Waals surface area contributed by atoms with E-state index in [0.717, 1.165) is 27.8 Å². The number of amides is 3. The second-order valence-electron chi connectivity index (χ2n) is 14.9. The minimum absolute atomic E-state index is 0.183. The molecule has 0 aliphatic carbocycles. The third-order valence-electron chi connectivity index (χ3n) is 9.62. The molecule has 0 spiro atoms. The maximum atomic E-state index is 13.7. The molecule has 0 fully saturated rings. The normalized spacial score (nSPS) is 15.0. The average Bonchev–Trinajstić information content (AvgIpc) is 3.20. The van der Waals surface area contributed by atoms with E-state index >= 15 is 0 Å². The minimum atomic E-state index is -0.898. The van der Waals surface area contributed by atoms with Crippen LogP contribution in [-0.2, 0) is 20.7 Å². The zero-order chi connectivity index (χ0) is 39.5. The molecule has 0 saturated carbocycles. The minimum Gasteiger partial charge on any atom is -0.492 e. The van der Waals surface area contributed by atoms with E-state index in [4.69, 9.17) is 15.2 Å². The van der Waals surface area contributed by atoms with Crippen molar-refractivity contribution in [2.75, 3.05) is 18.9 Å². The van der Waals surface area contributed by atoms with Crippen LogP contribution in [0.15, 0.2) is 140 Å². The number of fused-ring (bicyclic) bond motifs is 1. The van der Waals surface area contributed by atoms with Crippen molar-refractivity contribution in [1.29, 1.82) is 0 Å². The van der Waals surface area contributed by atoms with Gasteiger partial charge in [-0.05, 0) is 49.1 Å². The summed E-state index contributed by atoms with van der Waals surface area (Å²) in [7, 11) is 0. The van der Waals surface area contributed by atoms with Crippen LogP contribution in [0.2, 0.25) is 0 Å². The van der Waals surface area contributed by atoms with Crippen molar-refractivity contribution in [3.8, 4) is 5.75 Å². The fourth-order valence-electron chi connectivity index (χ4n) is 7.03. The highest BCUT2D eigenvalue weighted by Gasteiger charge is 2.38. The summed E-state index contributed by atoms with van der Waals surface area (Å²) in [5, 5.41) is 9.68. The van der Waals surface area contributed by atoms with Gasteiger partial charge in [-0.3, -0.25) is 9.59 Å². The van der Waals surface area contributed by atoms with Crippen LogP contribution < -0.4 is 26.4 Å². The first-order valence-corrected chi connectivity index (χ1v) is 20.0. The Balaban J connectivity index is 1.26. The lowest BCUT2D eigenvalue weighted by Crippen LogP contribution is -2.47. The third-order valence-corrected chi connectivity index (χ3v) is 11.3. The maximum absolute atomic E-state index is 13.7. The molecule has 56 heavy (non-hydrogen) atoms. The number of nitrogens with two attached hydrogens (primary N) is 1. The molecule has 5 aromatic carbocycles. The van der Waals surface area contributed by atoms with Gasteiger partial charge in [0, 0.05) is 36.7 Å². The van der Waals surface area contributed by atoms with Crippen LogP contribution in [0.5, 0.6) is 5.75 Å². The lowest BCUT2D eigenvalue weighted by atomic mass is 9.84. The highest BCUT2D eigenvalue weighted by molar-refractivity contribution is 8.00. The predicted octanol–water partition coefficient (Wildman–Crippen LogP) is 7.54. The summed E-state index contributed by atoms with van der Waals surface area (Å²) < 4.78 is 11.3. The van der Waals surface area contributed by atoms with Crippen LogP contribution in [0.4, 0.5) is 4.79 Å². The van der Waals surface area contributed by atoms with Gasteiger partial charge >= 0.3 is 6.09 Å². The first-order valence-electron chi connectivity index (χ1n) is 19.0. The molecule has 5 N–H and O–H groups in total. The Bertz CT molecular complexity index is 1960. The lowest BCUT2D eigenvalue weighted by molar-refractivity contribution is -0.119. The number of nitrogens with one attached hydrogen (secondary N) is 3. The standard InChI is InChI=1S/C46H50N4O5S/c1-45(2,3)55-44(53)49-36(31-56-46(33-19-10-5-11-20-33,34-21-12-6-13-22-34)35-23-14-7-15-24-35)30-48-39-27-28-54-41-37(39)25-16-26-38(41)43(52)50-40(42(47)51)29-32-17-8-4-9-18-32/h4-26,36,39-40,48H,27-31H2,1-3H3,(H2,47,51)(H,49,53)(H,50,52). The van der Waals surface area contributed by atoms with Crippen LogP contribution in [0, 0.1) is 0 Å². The fraction of sp³-hybridized carbons (Fsp3) is 0.283. The topological polar surface area (TPSA) is 132 Å². The molecule has 0 bridgehead atoms. The number of benzene rings is 5. The molecule has 3 unspecified atom stereocenters. The lowest BCUT2D eigenvalue weighted by Gasteiger charge is -2.37. The smallest absolute Gasteiger partial charge is 0.407 e. The molecule has 5 aromatic rings. The van der Waals surface area contributed by atoms with Gasteiger partial charge in [0.1, 0.15) is 17.4 Å². The van der Waals surface area contributed by atoms with Crippen LogP contribution in [0.3, 0.4) is 0 Å². The van der Waals surface area contributed by atoms with Crippen LogP contribution in [0.25, 0.3) is 0 Å². The first kappa shape index (κ1) is 40.1. The van der Waals surface area contributed by atoms with Crippen molar-refractivity contribution in [2.24, 2.45) is 5.73 Å². The molecule has 0 radical (unpaired) electrons. The molecule has 1 heterocycles. The summed E-state index contributed by atoms with van der Waals surface area (Å²) in [5.41, 5.74) is 10.4. The SMILES string of the molecule is CC(C)(C)OC(=O)NC(CNC1CCOc2c(C(=O)NC(Cc3ccccc3)C(N)=O)cccc21)CSC(c1ccccc1)(c1ccccc1)c1ccccc1. The molecule has 3 amide bonds. The van der Waals surface area contributed by atoms with Gasteiger partial charge in [0.2, 0.25) is 5.91 Å². The zero-order valence-corrected chi connectivity index (χ0v) is 32.9. The van der Waals surface area contributed by atoms with E-state index in [1.54, 1.807) is 17.8 Å². The van der Waals surface area contributed by atoms with Crippen LogP contribution in [-0.4, -0.2) is 54.5 Å². The van der Waals surface area contributed by atoms with Crippen molar-refractivity contribution in [1.82, 2.24) is 16.0 Å². The summed E-state index contributed by atoms with van der Waals surface area (Å²) >= 11 is 1.76. The molecule has 1 aliphatic rings. The number of hydrogen-bond acceptors (Lipinski definition) is 7. The number of carbonyl (C=O) groups excluding carboxylic acids is 3. The van der Waals surface area contributed by atoms with E-state index in [-0.39, 0.29) is 18.5 Å². The Kier molecular flexibility index (Phi) is 13.2. The number of primary amides is 1. The molecular formula is C46H50N4O5S. The van der Waals surface area contributed by atoms with Gasteiger partial charge in [-0.2, -0.15) is 0 Å². The Labute approximate surface area is 333 Å². The molecule has 0 saturated heterocycles. The largest absolute Gasteiger partial charge is 0.492 e. The maximum Gasteiger partial charge on any atom is 0.407 e. The monoisotopic (exact) mass is 770 g/mol. The Hall–Kier alpha value is -5.58. The van der Waals surface area contributed by atoms with E-state index in [9.17, 15) is 14.4 Å². The number of hydrogen-bond donors (Lipinski definition) is 4. The van der Waals surface area contributed by atoms with Crippen molar-refractivity contribution in [3.63, 3.8) is 0 Å². The van der Waals surface area contributed by atoms with E-state index in [1.807, 2.05) is 81.4 Å². The van der Waals surface area contributed by atoms with Gasteiger partial charge in [0.05, 0.1) is 23.0 Å². The highest BCUT2D eigenvalue weighted by Crippen LogP contribution is 2.48. The van der Waals surface area contributed by atoms with Gasteiger partial charge in [-0.15, -0.1) is 11.8 Å². The first-order chi connectivity index (χ1) is 27.0. The summed E-state index contributed by atoms with van der Waals surface area (Å²) in [6.07, 6.45) is 0.414. The Morgan fingerprint density at radius 1 is 0.768 bits per heavy atom. The van der Waals surface area contributed by atoms with Crippen molar-refractivity contribution < 1.29 is 23.9 Å². The quantitative estimate of drug-likeness (QED) is 0.0810. The number of alkyl carbamates (subject to hydrolysis) is 1. The number of rotatable bonds is 15. The van der Waals surface area contributed by atoms with Crippen molar-refractivity contribution >= 4 is 29.7 Å². The summed E-state index contributed by atoms with van der Waals surface area (Å²) in [5.74, 6) is -0.0786. The van der Waals surface area contributed by atoms with Crippen LogP contribution in [0.1, 0.15) is 71.4 Å². The van der Waals surface area contributed by atoms with Crippen molar-refractivity contribution in [2.45, 2.75) is 62.1 Å². The second kappa shape index (κ2) is 18.4. The molecule has 290 valence electrons. The molecule has 3 atom stereocenters. The summed E-state index contributed by atoms with van der Waals surface area (Å²) in [6, 6.07) is 44.8. The van der Waals surface area contributed by atoms with Gasteiger partial charge in [0.15, 0.2) is 0 Å². The third kappa shape index (κ3) is 9.99. The summed E-state index contributed by atoms with van der Waals surface area (Å²) in [4.78, 5) is 39.4. The van der Waals surface area contributed by atoms with Crippen LogP contribution >= 0.6 is 11.8 Å². The molecule has 6 rings (SSSR count). The molecule has 9 nitrogen and oxygen atoms in total. The van der Waals surface area contributed by atoms with E-state index < -0.39 is 34.3 Å². The second-order valence-corrected chi connectivity index (χ2v) is 16.1. The fourth-order valence-corrected chi connectivity index (χ4v) is 8.59. The number of para-hydroxylation sites is 1. The highest BCUT2D eigenvalue weighted by atomic mass is 32.2. The number of ether oxygens (including phenoxy) is 2. The zero-order valence-electron chi connectivity index (χ0n) is 32.1. The van der Waals surface area contributed by atoms with Crippen molar-refractivity contribution in [3.05, 3.63) is 173 Å². The average molecular weight is 771 g/mol.